The number of halogens is 1. The van der Waals surface area contributed by atoms with E-state index in [0.29, 0.717) is 16.9 Å². The molecule has 8 nitrogen and oxygen atoms in total. The number of phenols is 1. The minimum absolute atomic E-state index is 0. The van der Waals surface area contributed by atoms with Gasteiger partial charge in [0.05, 0.1) is 16.3 Å². The van der Waals surface area contributed by atoms with Gasteiger partial charge in [-0.25, -0.2) is 9.97 Å². The van der Waals surface area contributed by atoms with Crippen molar-refractivity contribution in [2.75, 3.05) is 16.9 Å². The second kappa shape index (κ2) is 14.4. The van der Waals surface area contributed by atoms with E-state index in [0.717, 1.165) is 4.90 Å². The zero-order valence-electron chi connectivity index (χ0n) is 19.3. The number of nitrogens with zero attached hydrogens (tertiary/aromatic N) is 2. The number of pyridine rings is 2. The molecule has 0 atom stereocenters. The highest BCUT2D eigenvalue weighted by molar-refractivity contribution is 7.98. The Kier molecular flexibility index (Phi) is 11.7. The predicted octanol–water partition coefficient (Wildman–Crippen LogP) is 5.98. The molecule has 1 aromatic carbocycles. The number of aromatic nitrogens is 2. The van der Waals surface area contributed by atoms with Gasteiger partial charge in [0.2, 0.25) is 0 Å². The van der Waals surface area contributed by atoms with Crippen molar-refractivity contribution < 1.29 is 14.7 Å². The average molecular weight is 530 g/mol. The van der Waals surface area contributed by atoms with E-state index in [-0.39, 0.29) is 30.1 Å². The van der Waals surface area contributed by atoms with Crippen LogP contribution in [0.2, 0.25) is 5.02 Å². The van der Waals surface area contributed by atoms with E-state index < -0.39 is 11.8 Å². The van der Waals surface area contributed by atoms with Crippen LogP contribution in [0.4, 0.5) is 11.5 Å². The largest absolute Gasteiger partial charge is 0.507 e. The summed E-state index contributed by atoms with van der Waals surface area (Å²) in [4.78, 5) is 33.9. The fourth-order valence-corrected chi connectivity index (χ4v) is 4.01. The SMILES string of the molecule is C.CSc1ccc(C(=O)Nc2cccnc2C(=O)Nc2ccc(Cl)cn2)c(O)c1.NC1CCCCC1. The van der Waals surface area contributed by atoms with Crippen LogP contribution in [0.15, 0.2) is 59.8 Å². The zero-order valence-corrected chi connectivity index (χ0v) is 20.9. The first-order valence-electron chi connectivity index (χ1n) is 11.2. The molecule has 192 valence electrons. The number of nitrogens with one attached hydrogen (secondary N) is 2. The number of rotatable bonds is 5. The van der Waals surface area contributed by atoms with Crippen molar-refractivity contribution in [1.82, 2.24) is 9.97 Å². The van der Waals surface area contributed by atoms with Gasteiger partial charge in [0.15, 0.2) is 5.69 Å². The maximum atomic E-state index is 12.5. The predicted molar refractivity (Wildman–Crippen MR) is 147 cm³/mol. The number of nitrogens with two attached hydrogens (primary N) is 1. The smallest absolute Gasteiger partial charge is 0.277 e. The molecule has 1 aliphatic rings. The van der Waals surface area contributed by atoms with Gasteiger partial charge < -0.3 is 21.5 Å². The van der Waals surface area contributed by atoms with E-state index in [1.54, 1.807) is 30.3 Å². The summed E-state index contributed by atoms with van der Waals surface area (Å²) in [6.45, 7) is 0. The van der Waals surface area contributed by atoms with Crippen molar-refractivity contribution in [2.24, 2.45) is 5.73 Å². The monoisotopic (exact) mass is 529 g/mol. The molecule has 0 radical (unpaired) electrons. The molecule has 3 aromatic rings. The molecule has 1 aliphatic carbocycles. The highest BCUT2D eigenvalue weighted by atomic mass is 35.5. The number of benzene rings is 1. The summed E-state index contributed by atoms with van der Waals surface area (Å²) in [5.41, 5.74) is 5.93. The third-order valence-corrected chi connectivity index (χ3v) is 6.29. The maximum absolute atomic E-state index is 12.5. The number of hydrogen-bond acceptors (Lipinski definition) is 7. The Morgan fingerprint density at radius 3 is 2.39 bits per heavy atom. The average Bonchev–Trinajstić information content (AvgIpc) is 2.86. The molecule has 0 aliphatic heterocycles. The fraction of sp³-hybridized carbons (Fsp3) is 0.308. The van der Waals surface area contributed by atoms with E-state index in [9.17, 15) is 14.7 Å². The van der Waals surface area contributed by atoms with Gasteiger partial charge in [0.1, 0.15) is 11.6 Å². The van der Waals surface area contributed by atoms with Gasteiger partial charge in [-0.3, -0.25) is 9.59 Å². The van der Waals surface area contributed by atoms with Gasteiger partial charge in [-0.05, 0) is 61.6 Å². The molecule has 1 saturated carbocycles. The molecule has 0 unspecified atom stereocenters. The first-order chi connectivity index (χ1) is 16.9. The second-order valence-corrected chi connectivity index (χ2v) is 9.27. The summed E-state index contributed by atoms with van der Waals surface area (Å²) in [6, 6.07) is 11.6. The standard InChI is InChI=1S/C19H15ClN4O3S.C6H13N.CH4/c1-28-12-5-6-13(15(25)9-12)18(26)23-14-3-2-8-21-17(14)19(27)24-16-7-4-11(20)10-22-16;7-6-4-2-1-3-5-6;/h2-10,25H,1H3,(H,23,26)(H,22,24,27);6H,1-5,7H2;1H4. The van der Waals surface area contributed by atoms with Gasteiger partial charge >= 0.3 is 0 Å². The van der Waals surface area contributed by atoms with E-state index in [1.807, 2.05) is 6.26 Å². The lowest BCUT2D eigenvalue weighted by atomic mass is 9.97. The number of phenolic OH excluding ortho intramolecular Hbond substituents is 1. The lowest BCUT2D eigenvalue weighted by molar-refractivity contribution is 0.102. The number of amides is 2. The van der Waals surface area contributed by atoms with Gasteiger partial charge in [-0.15, -0.1) is 11.8 Å². The van der Waals surface area contributed by atoms with Crippen LogP contribution in [0.1, 0.15) is 60.4 Å². The Labute approximate surface area is 221 Å². The van der Waals surface area contributed by atoms with Gasteiger partial charge in [0.25, 0.3) is 11.8 Å². The second-order valence-electron chi connectivity index (χ2n) is 7.95. The number of carbonyl (C=O) groups is 2. The van der Waals surface area contributed by atoms with Crippen molar-refractivity contribution in [1.29, 1.82) is 0 Å². The van der Waals surface area contributed by atoms with Crippen LogP contribution in [-0.4, -0.2) is 39.2 Å². The van der Waals surface area contributed by atoms with Gasteiger partial charge in [0, 0.05) is 23.3 Å². The third kappa shape index (κ3) is 8.51. The van der Waals surface area contributed by atoms with Crippen LogP contribution < -0.4 is 16.4 Å². The molecular formula is C26H32ClN5O3S. The normalized spacial score (nSPS) is 13.0. The van der Waals surface area contributed by atoms with Crippen LogP contribution in [0.25, 0.3) is 0 Å². The highest BCUT2D eigenvalue weighted by Crippen LogP contribution is 2.25. The molecule has 2 heterocycles. The summed E-state index contributed by atoms with van der Waals surface area (Å²) < 4.78 is 0. The molecule has 0 spiro atoms. The van der Waals surface area contributed by atoms with E-state index in [1.165, 1.54) is 68.4 Å². The van der Waals surface area contributed by atoms with Crippen LogP contribution in [-0.2, 0) is 0 Å². The summed E-state index contributed by atoms with van der Waals surface area (Å²) in [5, 5.41) is 15.7. The molecule has 10 heteroatoms. The molecule has 2 aromatic heterocycles. The van der Waals surface area contributed by atoms with Gasteiger partial charge in [-0.1, -0.05) is 38.3 Å². The Balaban J connectivity index is 0.000000492. The number of thioether (sulfide) groups is 1. The van der Waals surface area contributed by atoms with Crippen molar-refractivity contribution in [3.8, 4) is 5.75 Å². The number of carbonyl (C=O) groups excluding carboxylic acids is 2. The molecule has 4 rings (SSSR count). The summed E-state index contributed by atoms with van der Waals surface area (Å²) in [7, 11) is 0. The third-order valence-electron chi connectivity index (χ3n) is 5.34. The first kappa shape index (κ1) is 29.1. The van der Waals surface area contributed by atoms with Crippen LogP contribution >= 0.6 is 23.4 Å². The maximum Gasteiger partial charge on any atom is 0.277 e. The Bertz CT molecular complexity index is 1150. The van der Waals surface area contributed by atoms with Crippen molar-refractivity contribution in [3.63, 3.8) is 0 Å². The Morgan fingerprint density at radius 2 is 1.81 bits per heavy atom. The fourth-order valence-electron chi connectivity index (χ4n) is 3.47. The number of hydrogen-bond donors (Lipinski definition) is 4. The number of aromatic hydroxyl groups is 1. The minimum atomic E-state index is -0.558. The van der Waals surface area contributed by atoms with Crippen molar-refractivity contribution >= 4 is 46.7 Å². The van der Waals surface area contributed by atoms with Crippen LogP contribution in [0.3, 0.4) is 0 Å². The van der Waals surface area contributed by atoms with E-state index >= 15 is 0 Å². The summed E-state index contributed by atoms with van der Waals surface area (Å²) in [5.74, 6) is -0.961. The van der Waals surface area contributed by atoms with Crippen molar-refractivity contribution in [2.45, 2.75) is 50.5 Å². The van der Waals surface area contributed by atoms with E-state index in [2.05, 4.69) is 20.6 Å². The zero-order chi connectivity index (χ0) is 25.2. The lowest BCUT2D eigenvalue weighted by Gasteiger charge is -2.15. The topological polar surface area (TPSA) is 130 Å². The minimum Gasteiger partial charge on any atom is -0.507 e. The molecular weight excluding hydrogens is 498 g/mol. The van der Waals surface area contributed by atoms with E-state index in [4.69, 9.17) is 17.3 Å². The highest BCUT2D eigenvalue weighted by Gasteiger charge is 2.18. The molecule has 5 N–H and O–H groups in total. The molecule has 2 amide bonds. The molecule has 1 fully saturated rings. The number of anilines is 2. The summed E-state index contributed by atoms with van der Waals surface area (Å²) >= 11 is 7.23. The lowest BCUT2D eigenvalue weighted by Crippen LogP contribution is -2.22. The van der Waals surface area contributed by atoms with Crippen molar-refractivity contribution in [3.05, 3.63) is 71.1 Å². The first-order valence-corrected chi connectivity index (χ1v) is 12.8. The van der Waals surface area contributed by atoms with Gasteiger partial charge in [-0.2, -0.15) is 0 Å². The Morgan fingerprint density at radius 1 is 1.06 bits per heavy atom. The van der Waals surface area contributed by atoms with Crippen LogP contribution in [0.5, 0.6) is 5.75 Å². The molecule has 36 heavy (non-hydrogen) atoms. The Hall–Kier alpha value is -3.14. The molecule has 0 bridgehead atoms. The molecule has 0 saturated heterocycles. The summed E-state index contributed by atoms with van der Waals surface area (Å²) in [6.07, 6.45) is 11.4. The quantitative estimate of drug-likeness (QED) is 0.299. The van der Waals surface area contributed by atoms with Crippen LogP contribution in [0, 0.1) is 0 Å².